The molecule has 0 unspecified atom stereocenters. The van der Waals surface area contributed by atoms with E-state index in [1.165, 1.54) is 11.3 Å². The average molecular weight is 435 g/mol. The Hall–Kier alpha value is -2.65. The number of amides is 2. The van der Waals surface area contributed by atoms with Gasteiger partial charge in [-0.1, -0.05) is 0 Å². The standard InChI is InChI=1S/C17H15BrN4O3S/c1-22-9-8-19-15(22)10-25-12-4-2-11(3-5-12)16(23)20-21-17(24)13-6-7-14(18)26-13/h2-9H,10H2,1H3,(H,20,23)(H,21,24). The largest absolute Gasteiger partial charge is 0.486 e. The number of halogens is 1. The minimum absolute atomic E-state index is 0.335. The number of hydrogen-bond donors (Lipinski definition) is 2. The Kier molecular flexibility index (Phi) is 5.69. The molecular weight excluding hydrogens is 420 g/mol. The van der Waals surface area contributed by atoms with Crippen LogP contribution in [0.25, 0.3) is 0 Å². The van der Waals surface area contributed by atoms with Crippen LogP contribution in [0.15, 0.2) is 52.6 Å². The van der Waals surface area contributed by atoms with E-state index in [2.05, 4.69) is 31.8 Å². The van der Waals surface area contributed by atoms with E-state index in [4.69, 9.17) is 4.74 Å². The highest BCUT2D eigenvalue weighted by Crippen LogP contribution is 2.21. The summed E-state index contributed by atoms with van der Waals surface area (Å²) in [5.74, 6) is 0.639. The van der Waals surface area contributed by atoms with Gasteiger partial charge in [-0.05, 0) is 52.3 Å². The molecule has 3 rings (SSSR count). The van der Waals surface area contributed by atoms with Gasteiger partial charge >= 0.3 is 0 Å². The van der Waals surface area contributed by atoms with Crippen LogP contribution in [0.1, 0.15) is 25.9 Å². The third kappa shape index (κ3) is 4.50. The smallest absolute Gasteiger partial charge is 0.279 e. The normalized spacial score (nSPS) is 10.4. The zero-order valence-corrected chi connectivity index (χ0v) is 16.1. The number of hydrazine groups is 1. The predicted octanol–water partition coefficient (Wildman–Crippen LogP) is 2.90. The third-order valence-electron chi connectivity index (χ3n) is 3.49. The number of thiophene rings is 1. The van der Waals surface area contributed by atoms with E-state index in [0.717, 1.165) is 9.61 Å². The van der Waals surface area contributed by atoms with Crippen molar-refractivity contribution in [2.24, 2.45) is 7.05 Å². The lowest BCUT2D eigenvalue weighted by Gasteiger charge is -2.08. The topological polar surface area (TPSA) is 85.2 Å². The lowest BCUT2D eigenvalue weighted by Crippen LogP contribution is -2.41. The summed E-state index contributed by atoms with van der Waals surface area (Å²) in [6.07, 6.45) is 3.55. The van der Waals surface area contributed by atoms with Gasteiger partial charge < -0.3 is 9.30 Å². The first kappa shape index (κ1) is 18.2. The lowest BCUT2D eigenvalue weighted by atomic mass is 10.2. The van der Waals surface area contributed by atoms with E-state index in [-0.39, 0.29) is 5.91 Å². The number of nitrogens with one attached hydrogen (secondary N) is 2. The van der Waals surface area contributed by atoms with Gasteiger partial charge in [0.1, 0.15) is 18.2 Å². The number of benzene rings is 1. The number of aryl methyl sites for hydroxylation is 1. The molecule has 1 aromatic carbocycles. The molecule has 2 heterocycles. The molecule has 9 heteroatoms. The molecule has 0 saturated carbocycles. The predicted molar refractivity (Wildman–Crippen MR) is 101 cm³/mol. The molecule has 0 aliphatic heterocycles. The average Bonchev–Trinajstić information content (AvgIpc) is 3.26. The van der Waals surface area contributed by atoms with Crippen LogP contribution in [-0.2, 0) is 13.7 Å². The Bertz CT molecular complexity index is 920. The highest BCUT2D eigenvalue weighted by atomic mass is 79.9. The van der Waals surface area contributed by atoms with Crippen LogP contribution < -0.4 is 15.6 Å². The maximum atomic E-state index is 12.1. The van der Waals surface area contributed by atoms with Gasteiger partial charge in [0.2, 0.25) is 0 Å². The summed E-state index contributed by atoms with van der Waals surface area (Å²) in [7, 11) is 1.89. The molecule has 0 bridgehead atoms. The highest BCUT2D eigenvalue weighted by molar-refractivity contribution is 9.11. The second-order valence-electron chi connectivity index (χ2n) is 5.28. The maximum Gasteiger partial charge on any atom is 0.279 e. The quantitative estimate of drug-likeness (QED) is 0.604. The summed E-state index contributed by atoms with van der Waals surface area (Å²) in [6, 6.07) is 10.1. The molecule has 3 aromatic rings. The molecule has 0 aliphatic rings. The van der Waals surface area contributed by atoms with E-state index >= 15 is 0 Å². The van der Waals surface area contributed by atoms with Gasteiger partial charge in [-0.15, -0.1) is 11.3 Å². The van der Waals surface area contributed by atoms with Crippen molar-refractivity contribution in [2.75, 3.05) is 0 Å². The van der Waals surface area contributed by atoms with E-state index in [9.17, 15) is 9.59 Å². The first-order chi connectivity index (χ1) is 12.5. The van der Waals surface area contributed by atoms with Crippen LogP contribution in [0.4, 0.5) is 0 Å². The Morgan fingerprint density at radius 2 is 1.88 bits per heavy atom. The fraction of sp³-hybridized carbons (Fsp3) is 0.118. The van der Waals surface area contributed by atoms with Crippen molar-refractivity contribution < 1.29 is 14.3 Å². The number of nitrogens with zero attached hydrogens (tertiary/aromatic N) is 2. The summed E-state index contributed by atoms with van der Waals surface area (Å²) in [5, 5.41) is 0. The van der Waals surface area contributed by atoms with Crippen LogP contribution in [-0.4, -0.2) is 21.4 Å². The van der Waals surface area contributed by atoms with E-state index in [1.54, 1.807) is 42.6 Å². The second-order valence-corrected chi connectivity index (χ2v) is 7.74. The van der Waals surface area contributed by atoms with E-state index in [1.807, 2.05) is 17.8 Å². The fourth-order valence-electron chi connectivity index (χ4n) is 2.07. The summed E-state index contributed by atoms with van der Waals surface area (Å²) in [5.41, 5.74) is 5.18. The maximum absolute atomic E-state index is 12.1. The van der Waals surface area contributed by atoms with Crippen LogP contribution >= 0.6 is 27.3 Å². The van der Waals surface area contributed by atoms with Gasteiger partial charge in [-0.2, -0.15) is 0 Å². The van der Waals surface area contributed by atoms with Crippen molar-refractivity contribution in [3.8, 4) is 5.75 Å². The third-order valence-corrected chi connectivity index (χ3v) is 5.11. The van der Waals surface area contributed by atoms with Gasteiger partial charge in [0, 0.05) is 25.0 Å². The molecule has 26 heavy (non-hydrogen) atoms. The Morgan fingerprint density at radius 1 is 1.15 bits per heavy atom. The van der Waals surface area contributed by atoms with Crippen molar-refractivity contribution >= 4 is 39.1 Å². The number of rotatable bonds is 5. The van der Waals surface area contributed by atoms with Gasteiger partial charge in [0.15, 0.2) is 0 Å². The molecular formula is C17H15BrN4O3S. The molecule has 0 saturated heterocycles. The zero-order valence-electron chi connectivity index (χ0n) is 13.7. The number of hydrogen-bond acceptors (Lipinski definition) is 5. The van der Waals surface area contributed by atoms with Crippen molar-refractivity contribution in [1.29, 1.82) is 0 Å². The van der Waals surface area contributed by atoms with Gasteiger partial charge in [0.05, 0.1) is 8.66 Å². The number of imidazole rings is 1. The molecule has 0 spiro atoms. The molecule has 2 N–H and O–H groups in total. The number of ether oxygens (including phenoxy) is 1. The molecule has 0 aliphatic carbocycles. The number of carbonyl (C=O) groups excluding carboxylic acids is 2. The SMILES string of the molecule is Cn1ccnc1COc1ccc(C(=O)NNC(=O)c2ccc(Br)s2)cc1. The van der Waals surface area contributed by atoms with Gasteiger partial charge in [-0.25, -0.2) is 4.98 Å². The Labute approximate surface area is 162 Å². The van der Waals surface area contributed by atoms with Crippen LogP contribution in [0.3, 0.4) is 0 Å². The van der Waals surface area contributed by atoms with Crippen LogP contribution in [0, 0.1) is 0 Å². The van der Waals surface area contributed by atoms with Crippen molar-refractivity contribution in [3.63, 3.8) is 0 Å². The molecule has 2 aromatic heterocycles. The Morgan fingerprint density at radius 3 is 2.50 bits per heavy atom. The van der Waals surface area contributed by atoms with Crippen molar-refractivity contribution in [3.05, 3.63) is 68.8 Å². The van der Waals surface area contributed by atoms with Crippen LogP contribution in [0.2, 0.25) is 0 Å². The summed E-state index contributed by atoms with van der Waals surface area (Å²) < 4.78 is 8.35. The van der Waals surface area contributed by atoms with Crippen molar-refractivity contribution in [2.45, 2.75) is 6.61 Å². The molecule has 2 amide bonds. The van der Waals surface area contributed by atoms with E-state index in [0.29, 0.717) is 22.8 Å². The minimum Gasteiger partial charge on any atom is -0.486 e. The van der Waals surface area contributed by atoms with Crippen molar-refractivity contribution in [1.82, 2.24) is 20.4 Å². The Balaban J connectivity index is 1.51. The summed E-state index contributed by atoms with van der Waals surface area (Å²) in [4.78, 5) is 28.7. The molecule has 0 radical (unpaired) electrons. The van der Waals surface area contributed by atoms with E-state index < -0.39 is 5.91 Å². The highest BCUT2D eigenvalue weighted by Gasteiger charge is 2.11. The number of carbonyl (C=O) groups is 2. The molecule has 0 atom stereocenters. The number of aromatic nitrogens is 2. The molecule has 7 nitrogen and oxygen atoms in total. The summed E-state index contributed by atoms with van der Waals surface area (Å²) in [6.45, 7) is 0.335. The molecule has 134 valence electrons. The summed E-state index contributed by atoms with van der Waals surface area (Å²) >= 11 is 4.57. The lowest BCUT2D eigenvalue weighted by molar-refractivity contribution is 0.0849. The first-order valence-electron chi connectivity index (χ1n) is 7.58. The first-order valence-corrected chi connectivity index (χ1v) is 9.19. The van der Waals surface area contributed by atoms with Gasteiger partial charge in [0.25, 0.3) is 11.8 Å². The van der Waals surface area contributed by atoms with Gasteiger partial charge in [-0.3, -0.25) is 20.4 Å². The monoisotopic (exact) mass is 434 g/mol. The van der Waals surface area contributed by atoms with Crippen LogP contribution in [0.5, 0.6) is 5.75 Å². The second kappa shape index (κ2) is 8.15. The zero-order chi connectivity index (χ0) is 18.5. The fourth-order valence-corrected chi connectivity index (χ4v) is 3.35. The molecule has 0 fully saturated rings. The minimum atomic E-state index is -0.412.